The maximum atomic E-state index is 9.53. The van der Waals surface area contributed by atoms with Gasteiger partial charge in [-0.1, -0.05) is 6.92 Å². The van der Waals surface area contributed by atoms with E-state index in [1.807, 2.05) is 0 Å². The predicted octanol–water partition coefficient (Wildman–Crippen LogP) is 1.39. The first-order chi connectivity index (χ1) is 13.3. The molecule has 6 nitrogen and oxygen atoms in total. The Labute approximate surface area is 173 Å². The van der Waals surface area contributed by atoms with Gasteiger partial charge in [0.05, 0.1) is 33.2 Å². The number of carbonyl (C=O) groups is 2. The van der Waals surface area contributed by atoms with Crippen LogP contribution in [0.1, 0.15) is 30.9 Å². The van der Waals surface area contributed by atoms with Crippen LogP contribution in [0.4, 0.5) is 0 Å². The number of rotatable bonds is 10. The number of hydrogen-bond acceptors (Lipinski definition) is 6. The Bertz CT molecular complexity index is 674. The SMILES string of the molecule is CCC(OCCC[NH+](C)C)(c1ccsc1)c1ccsc1.O=C([O-])/C=C/C(=O)O. The van der Waals surface area contributed by atoms with Crippen molar-refractivity contribution >= 4 is 34.6 Å². The number of aliphatic carboxylic acids is 2. The van der Waals surface area contributed by atoms with Crippen LogP contribution in [-0.4, -0.2) is 44.3 Å². The molecule has 2 heterocycles. The monoisotopic (exact) mass is 425 g/mol. The maximum absolute atomic E-state index is 9.53. The van der Waals surface area contributed by atoms with Crippen molar-refractivity contribution in [1.29, 1.82) is 0 Å². The van der Waals surface area contributed by atoms with E-state index >= 15 is 0 Å². The summed E-state index contributed by atoms with van der Waals surface area (Å²) in [5, 5.41) is 25.9. The molecule has 2 rings (SSSR count). The van der Waals surface area contributed by atoms with Crippen LogP contribution < -0.4 is 10.0 Å². The number of hydrogen-bond donors (Lipinski definition) is 2. The molecule has 0 aliphatic carbocycles. The Balaban J connectivity index is 0.000000416. The zero-order valence-electron chi connectivity index (χ0n) is 16.3. The third-order valence-corrected chi connectivity index (χ3v) is 5.37. The summed E-state index contributed by atoms with van der Waals surface area (Å²) in [7, 11) is 4.37. The first kappa shape index (κ1) is 24.0. The number of nitrogens with one attached hydrogen (secondary N) is 1. The fourth-order valence-corrected chi connectivity index (χ4v) is 4.08. The lowest BCUT2D eigenvalue weighted by Gasteiger charge is -2.32. The Morgan fingerprint density at radius 3 is 2.07 bits per heavy atom. The second-order valence-corrected chi connectivity index (χ2v) is 7.91. The van der Waals surface area contributed by atoms with E-state index in [-0.39, 0.29) is 5.60 Å². The minimum Gasteiger partial charge on any atom is -0.545 e. The Morgan fingerprint density at radius 2 is 1.75 bits per heavy atom. The lowest BCUT2D eigenvalue weighted by Crippen LogP contribution is -3.05. The number of thiophene rings is 2. The first-order valence-electron chi connectivity index (χ1n) is 8.92. The van der Waals surface area contributed by atoms with Crippen molar-refractivity contribution in [2.24, 2.45) is 0 Å². The van der Waals surface area contributed by atoms with Crippen LogP contribution in [0.5, 0.6) is 0 Å². The Kier molecular flexibility index (Phi) is 10.7. The van der Waals surface area contributed by atoms with Crippen LogP contribution in [0.3, 0.4) is 0 Å². The third-order valence-electron chi connectivity index (χ3n) is 4.00. The van der Waals surface area contributed by atoms with Crippen molar-refractivity contribution in [2.75, 3.05) is 27.2 Å². The van der Waals surface area contributed by atoms with Crippen molar-refractivity contribution in [3.05, 3.63) is 56.9 Å². The van der Waals surface area contributed by atoms with E-state index in [2.05, 4.69) is 54.7 Å². The van der Waals surface area contributed by atoms with Crippen LogP contribution in [0.15, 0.2) is 45.8 Å². The van der Waals surface area contributed by atoms with Crippen molar-refractivity contribution in [3.8, 4) is 0 Å². The number of carboxylic acids is 2. The van der Waals surface area contributed by atoms with Crippen molar-refractivity contribution in [2.45, 2.75) is 25.4 Å². The molecule has 0 saturated heterocycles. The molecule has 0 spiro atoms. The fraction of sp³-hybridized carbons (Fsp3) is 0.400. The zero-order valence-corrected chi connectivity index (χ0v) is 18.0. The standard InChI is InChI=1S/C16H23NOS2.C4H4O4/c1-4-16(14-6-10-19-12-14,15-7-11-20-13-15)18-9-5-8-17(2)3;5-3(6)1-2-4(7)8/h6-7,10-13H,4-5,8-9H2,1-3H3;1-2H,(H,5,6)(H,7,8)/b;2-1+. The van der Waals surface area contributed by atoms with Crippen LogP contribution in [0.2, 0.25) is 0 Å². The van der Waals surface area contributed by atoms with Gasteiger partial charge in [-0.2, -0.15) is 22.7 Å². The third kappa shape index (κ3) is 7.93. The molecule has 0 atom stereocenters. The largest absolute Gasteiger partial charge is 0.545 e. The second kappa shape index (κ2) is 12.5. The zero-order chi connectivity index (χ0) is 21.0. The van der Waals surface area contributed by atoms with Gasteiger partial charge in [-0.15, -0.1) is 0 Å². The molecule has 0 amide bonds. The van der Waals surface area contributed by atoms with Gasteiger partial charge in [-0.05, 0) is 57.3 Å². The Hall–Kier alpha value is -2.00. The Morgan fingerprint density at radius 1 is 1.18 bits per heavy atom. The lowest BCUT2D eigenvalue weighted by atomic mass is 9.87. The van der Waals surface area contributed by atoms with E-state index in [4.69, 9.17) is 9.84 Å². The number of carboxylic acid groups (broad SMARTS) is 2. The second-order valence-electron chi connectivity index (χ2n) is 6.35. The molecule has 28 heavy (non-hydrogen) atoms. The van der Waals surface area contributed by atoms with Crippen LogP contribution >= 0.6 is 22.7 Å². The lowest BCUT2D eigenvalue weighted by molar-refractivity contribution is -0.858. The van der Waals surface area contributed by atoms with E-state index in [0.29, 0.717) is 12.2 Å². The summed E-state index contributed by atoms with van der Waals surface area (Å²) in [6, 6.07) is 4.39. The van der Waals surface area contributed by atoms with Crippen molar-refractivity contribution in [3.63, 3.8) is 0 Å². The van der Waals surface area contributed by atoms with Crippen molar-refractivity contribution in [1.82, 2.24) is 0 Å². The molecule has 0 fully saturated rings. The fourth-order valence-electron chi connectivity index (χ4n) is 2.64. The van der Waals surface area contributed by atoms with Gasteiger partial charge in [0.25, 0.3) is 0 Å². The topological polar surface area (TPSA) is 91.1 Å². The van der Waals surface area contributed by atoms with Crippen LogP contribution in [-0.2, 0) is 19.9 Å². The highest BCUT2D eigenvalue weighted by Gasteiger charge is 2.34. The molecule has 0 aromatic carbocycles. The molecule has 2 aromatic rings. The van der Waals surface area contributed by atoms with Crippen LogP contribution in [0, 0.1) is 0 Å². The molecule has 2 aromatic heterocycles. The predicted molar refractivity (Wildman–Crippen MR) is 110 cm³/mol. The summed E-state index contributed by atoms with van der Waals surface area (Å²) in [6.45, 7) is 4.17. The average Bonchev–Trinajstić information content (AvgIpc) is 3.35. The summed E-state index contributed by atoms with van der Waals surface area (Å²) >= 11 is 3.48. The number of carbonyl (C=O) groups excluding carboxylic acids is 1. The van der Waals surface area contributed by atoms with E-state index in [9.17, 15) is 14.7 Å². The van der Waals surface area contributed by atoms with Gasteiger partial charge >= 0.3 is 5.97 Å². The summed E-state index contributed by atoms with van der Waals surface area (Å²) < 4.78 is 6.42. The van der Waals surface area contributed by atoms with Gasteiger partial charge in [0, 0.05) is 12.5 Å². The van der Waals surface area contributed by atoms with E-state index in [1.165, 1.54) is 16.0 Å². The van der Waals surface area contributed by atoms with E-state index in [0.717, 1.165) is 26.0 Å². The molecule has 0 saturated carbocycles. The normalized spacial score (nSPS) is 11.4. The molecule has 0 unspecified atom stereocenters. The molecular weight excluding hydrogens is 398 g/mol. The molecule has 0 bridgehead atoms. The van der Waals surface area contributed by atoms with Gasteiger partial charge in [0.2, 0.25) is 0 Å². The highest BCUT2D eigenvalue weighted by molar-refractivity contribution is 7.08. The smallest absolute Gasteiger partial charge is 0.328 e. The maximum Gasteiger partial charge on any atom is 0.328 e. The summed E-state index contributed by atoms with van der Waals surface area (Å²) in [4.78, 5) is 20.4. The van der Waals surface area contributed by atoms with Crippen LogP contribution in [0.25, 0.3) is 0 Å². The van der Waals surface area contributed by atoms with Gasteiger partial charge in [-0.25, -0.2) is 4.79 Å². The summed E-state index contributed by atoms with van der Waals surface area (Å²) in [5.74, 6) is -2.80. The highest BCUT2D eigenvalue weighted by atomic mass is 32.1. The average molecular weight is 426 g/mol. The first-order valence-corrected chi connectivity index (χ1v) is 10.8. The van der Waals surface area contributed by atoms with Gasteiger partial charge < -0.3 is 24.6 Å². The van der Waals surface area contributed by atoms with Gasteiger partial charge in [0.1, 0.15) is 5.60 Å². The highest BCUT2D eigenvalue weighted by Crippen LogP contribution is 2.39. The molecule has 0 radical (unpaired) electrons. The molecule has 0 aliphatic rings. The van der Waals surface area contributed by atoms with E-state index in [1.54, 1.807) is 22.7 Å². The molecular formula is C20H27NO5S2. The van der Waals surface area contributed by atoms with Gasteiger partial charge in [-0.3, -0.25) is 0 Å². The quantitative estimate of drug-likeness (QED) is 0.443. The summed E-state index contributed by atoms with van der Waals surface area (Å²) in [6.07, 6.45) is 3.01. The summed E-state index contributed by atoms with van der Waals surface area (Å²) in [5.41, 5.74) is 2.32. The molecule has 154 valence electrons. The molecule has 8 heteroatoms. The van der Waals surface area contributed by atoms with Gasteiger partial charge in [0.15, 0.2) is 0 Å². The molecule has 2 N–H and O–H groups in total. The number of quaternary nitrogens is 1. The van der Waals surface area contributed by atoms with Crippen molar-refractivity contribution < 1.29 is 29.4 Å². The minimum atomic E-state index is -1.51. The molecule has 0 aliphatic heterocycles. The van der Waals surface area contributed by atoms with E-state index < -0.39 is 11.9 Å². The minimum absolute atomic E-state index is 0.262. The number of ether oxygens (including phenoxy) is 1.